The molecule has 1 aliphatic rings. The maximum absolute atomic E-state index is 12.9. The van der Waals surface area contributed by atoms with Gasteiger partial charge in [0.05, 0.1) is 32.4 Å². The van der Waals surface area contributed by atoms with Gasteiger partial charge in [0.2, 0.25) is 21.8 Å². The summed E-state index contributed by atoms with van der Waals surface area (Å²) in [5.74, 6) is -1.08. The summed E-state index contributed by atoms with van der Waals surface area (Å²) in [4.78, 5) is 28.7. The molecular formula is C16H23N3O6S. The van der Waals surface area contributed by atoms with Gasteiger partial charge in [-0.1, -0.05) is 19.3 Å². The topological polar surface area (TPSA) is 124 Å². The average Bonchev–Trinajstić information content (AvgIpc) is 2.60. The van der Waals surface area contributed by atoms with Crippen molar-refractivity contribution in [3.8, 4) is 5.88 Å². The largest absolute Gasteiger partial charge is 0.480 e. The van der Waals surface area contributed by atoms with Gasteiger partial charge in [0, 0.05) is 0 Å². The standard InChI is InChI=1S/C16H23N3O6S/c1-24-13-12(14(20)25-2)9-11(10-17-13)18-15(21)16(19-26(3,22)23)7-5-4-6-8-16/h9-10,19H,4-8H2,1-3H3,(H,18,21). The van der Waals surface area contributed by atoms with Crippen molar-refractivity contribution in [1.82, 2.24) is 9.71 Å². The Bertz CT molecular complexity index is 787. The van der Waals surface area contributed by atoms with Crippen molar-refractivity contribution in [2.24, 2.45) is 0 Å². The van der Waals surface area contributed by atoms with E-state index in [1.165, 1.54) is 26.5 Å². The fourth-order valence-electron chi connectivity index (χ4n) is 3.08. The van der Waals surface area contributed by atoms with E-state index in [2.05, 4.69) is 19.8 Å². The predicted molar refractivity (Wildman–Crippen MR) is 94.6 cm³/mol. The van der Waals surface area contributed by atoms with Gasteiger partial charge in [0.15, 0.2) is 0 Å². The van der Waals surface area contributed by atoms with E-state index >= 15 is 0 Å². The highest BCUT2D eigenvalue weighted by molar-refractivity contribution is 7.88. The number of rotatable bonds is 6. The maximum Gasteiger partial charge on any atom is 0.343 e. The van der Waals surface area contributed by atoms with Crippen LogP contribution >= 0.6 is 0 Å². The number of carbonyl (C=O) groups excluding carboxylic acids is 2. The van der Waals surface area contributed by atoms with Crippen LogP contribution in [0.4, 0.5) is 5.69 Å². The van der Waals surface area contributed by atoms with E-state index in [1.807, 2.05) is 0 Å². The van der Waals surface area contributed by atoms with E-state index in [1.54, 1.807) is 0 Å². The molecule has 1 heterocycles. The lowest BCUT2D eigenvalue weighted by atomic mass is 9.82. The van der Waals surface area contributed by atoms with Crippen LogP contribution in [0.3, 0.4) is 0 Å². The number of ether oxygens (including phenoxy) is 2. The second kappa shape index (κ2) is 8.00. The van der Waals surface area contributed by atoms with Gasteiger partial charge >= 0.3 is 5.97 Å². The Kier molecular flexibility index (Phi) is 6.19. The minimum Gasteiger partial charge on any atom is -0.480 e. The number of nitrogens with zero attached hydrogens (tertiary/aromatic N) is 1. The van der Waals surface area contributed by atoms with Gasteiger partial charge in [0.1, 0.15) is 11.1 Å². The highest BCUT2D eigenvalue weighted by Crippen LogP contribution is 2.30. The second-order valence-electron chi connectivity index (χ2n) is 6.24. The van der Waals surface area contributed by atoms with E-state index in [0.29, 0.717) is 12.8 Å². The molecule has 26 heavy (non-hydrogen) atoms. The third-order valence-corrected chi connectivity index (χ3v) is 4.99. The van der Waals surface area contributed by atoms with Crippen LogP contribution in [0, 0.1) is 0 Å². The molecule has 2 rings (SSSR count). The second-order valence-corrected chi connectivity index (χ2v) is 7.99. The average molecular weight is 385 g/mol. The van der Waals surface area contributed by atoms with Crippen LogP contribution in [-0.2, 0) is 19.6 Å². The number of hydrogen-bond acceptors (Lipinski definition) is 7. The van der Waals surface area contributed by atoms with Gasteiger partial charge in [-0.3, -0.25) is 4.79 Å². The van der Waals surface area contributed by atoms with Crippen LogP contribution < -0.4 is 14.8 Å². The van der Waals surface area contributed by atoms with E-state index in [9.17, 15) is 18.0 Å². The van der Waals surface area contributed by atoms with Gasteiger partial charge in [-0.2, -0.15) is 4.72 Å². The first-order valence-corrected chi connectivity index (χ1v) is 10.0. The lowest BCUT2D eigenvalue weighted by Crippen LogP contribution is -2.57. The zero-order valence-electron chi connectivity index (χ0n) is 15.0. The molecule has 1 amide bonds. The normalized spacial score (nSPS) is 16.6. The number of carbonyl (C=O) groups is 2. The first kappa shape index (κ1) is 20.1. The summed E-state index contributed by atoms with van der Waals surface area (Å²) in [5, 5.41) is 2.65. The van der Waals surface area contributed by atoms with Crippen LogP contribution in [0.1, 0.15) is 42.5 Å². The molecule has 0 radical (unpaired) electrons. The minimum absolute atomic E-state index is 0.0570. The summed E-state index contributed by atoms with van der Waals surface area (Å²) >= 11 is 0. The van der Waals surface area contributed by atoms with Crippen LogP contribution in [0.2, 0.25) is 0 Å². The summed E-state index contributed by atoms with van der Waals surface area (Å²) in [6.45, 7) is 0. The predicted octanol–water partition coefficient (Wildman–Crippen LogP) is 1.07. The van der Waals surface area contributed by atoms with Crippen molar-refractivity contribution in [3.63, 3.8) is 0 Å². The highest BCUT2D eigenvalue weighted by atomic mass is 32.2. The molecule has 1 aromatic rings. The van der Waals surface area contributed by atoms with E-state index < -0.39 is 27.4 Å². The van der Waals surface area contributed by atoms with Gasteiger partial charge in [-0.15, -0.1) is 0 Å². The summed E-state index contributed by atoms with van der Waals surface area (Å²) < 4.78 is 35.7. The number of aromatic nitrogens is 1. The zero-order valence-corrected chi connectivity index (χ0v) is 15.8. The van der Waals surface area contributed by atoms with Crippen molar-refractivity contribution < 1.29 is 27.5 Å². The van der Waals surface area contributed by atoms with E-state index in [0.717, 1.165) is 25.5 Å². The molecule has 0 aromatic carbocycles. The minimum atomic E-state index is -3.58. The number of anilines is 1. The molecule has 144 valence electrons. The quantitative estimate of drug-likeness (QED) is 0.702. The summed E-state index contributed by atoms with van der Waals surface area (Å²) in [5.41, 5.74) is -0.907. The Labute approximate surface area is 152 Å². The maximum atomic E-state index is 12.9. The molecule has 1 fully saturated rings. The molecule has 0 spiro atoms. The molecule has 1 saturated carbocycles. The molecule has 9 nitrogen and oxygen atoms in total. The highest BCUT2D eigenvalue weighted by Gasteiger charge is 2.42. The third kappa shape index (κ3) is 4.70. The molecule has 1 aliphatic carbocycles. The Hall–Kier alpha value is -2.20. The van der Waals surface area contributed by atoms with E-state index in [4.69, 9.17) is 4.74 Å². The van der Waals surface area contributed by atoms with Crippen molar-refractivity contribution in [2.45, 2.75) is 37.6 Å². The first-order valence-electron chi connectivity index (χ1n) is 8.13. The smallest absolute Gasteiger partial charge is 0.343 e. The van der Waals surface area contributed by atoms with Crippen molar-refractivity contribution >= 4 is 27.6 Å². The Morgan fingerprint density at radius 1 is 1.19 bits per heavy atom. The molecule has 1 aromatic heterocycles. The lowest BCUT2D eigenvalue weighted by molar-refractivity contribution is -0.122. The van der Waals surface area contributed by atoms with Gasteiger partial charge < -0.3 is 14.8 Å². The van der Waals surface area contributed by atoms with Gasteiger partial charge in [0.25, 0.3) is 0 Å². The summed E-state index contributed by atoms with van der Waals surface area (Å²) in [7, 11) is -0.993. The molecule has 0 saturated heterocycles. The Balaban J connectivity index is 2.30. The molecule has 2 N–H and O–H groups in total. The number of esters is 1. The number of hydrogen-bond donors (Lipinski definition) is 2. The summed E-state index contributed by atoms with van der Waals surface area (Å²) in [6.07, 6.45) is 5.59. The molecule has 10 heteroatoms. The SMILES string of the molecule is COC(=O)c1cc(NC(=O)C2(NS(C)(=O)=O)CCCCC2)cnc1OC. The number of sulfonamides is 1. The van der Waals surface area contributed by atoms with Crippen molar-refractivity contribution in [2.75, 3.05) is 25.8 Å². The molecule has 0 unspecified atom stereocenters. The lowest BCUT2D eigenvalue weighted by Gasteiger charge is -2.35. The molecule has 0 atom stereocenters. The van der Waals surface area contributed by atoms with Crippen LogP contribution in [0.15, 0.2) is 12.3 Å². The van der Waals surface area contributed by atoms with Crippen LogP contribution in [0.5, 0.6) is 5.88 Å². The van der Waals surface area contributed by atoms with Crippen LogP contribution in [0.25, 0.3) is 0 Å². The fraction of sp³-hybridized carbons (Fsp3) is 0.562. The summed E-state index contributed by atoms with van der Waals surface area (Å²) in [6, 6.07) is 1.38. The first-order chi connectivity index (χ1) is 12.2. The van der Waals surface area contributed by atoms with Gasteiger partial charge in [-0.25, -0.2) is 18.2 Å². The van der Waals surface area contributed by atoms with E-state index in [-0.39, 0.29) is 17.1 Å². The number of nitrogens with one attached hydrogen (secondary N) is 2. The number of methoxy groups -OCH3 is 2. The molecule has 0 bridgehead atoms. The van der Waals surface area contributed by atoms with Crippen LogP contribution in [-0.4, -0.2) is 51.3 Å². The Morgan fingerprint density at radius 3 is 2.38 bits per heavy atom. The monoisotopic (exact) mass is 385 g/mol. The molecular weight excluding hydrogens is 362 g/mol. The Morgan fingerprint density at radius 2 is 1.85 bits per heavy atom. The third-order valence-electron chi connectivity index (χ3n) is 4.23. The molecule has 0 aliphatic heterocycles. The van der Waals surface area contributed by atoms with Gasteiger partial charge in [-0.05, 0) is 18.9 Å². The number of pyridine rings is 1. The van der Waals surface area contributed by atoms with Crippen molar-refractivity contribution in [3.05, 3.63) is 17.8 Å². The zero-order chi connectivity index (χ0) is 19.4. The fourth-order valence-corrected chi connectivity index (χ4v) is 4.08. The number of amides is 1. The van der Waals surface area contributed by atoms with Crippen molar-refractivity contribution in [1.29, 1.82) is 0 Å².